The van der Waals surface area contributed by atoms with Crippen LogP contribution >= 0.6 is 0 Å². The highest BCUT2D eigenvalue weighted by molar-refractivity contribution is 5.00. The molecule has 25 heavy (non-hydrogen) atoms. The third-order valence-corrected chi connectivity index (χ3v) is 7.15. The van der Waals surface area contributed by atoms with Gasteiger partial charge < -0.3 is 24.4 Å². The lowest BCUT2D eigenvalue weighted by Crippen LogP contribution is -2.43. The summed E-state index contributed by atoms with van der Waals surface area (Å²) in [5, 5.41) is 20.5. The molecule has 2 heterocycles. The average Bonchev–Trinajstić information content (AvgIpc) is 3.44. The predicted molar refractivity (Wildman–Crippen MR) is 93.2 cm³/mol. The van der Waals surface area contributed by atoms with Crippen molar-refractivity contribution in [2.45, 2.75) is 82.4 Å². The minimum Gasteiger partial charge on any atom is -0.394 e. The number of ether oxygens (including phenoxy) is 3. The number of hydrogen-bond donors (Lipinski definition) is 2. The van der Waals surface area contributed by atoms with Gasteiger partial charge in [-0.3, -0.25) is 0 Å². The maximum atomic E-state index is 11.5. The van der Waals surface area contributed by atoms with Gasteiger partial charge in [-0.2, -0.15) is 0 Å². The van der Waals surface area contributed by atoms with Crippen molar-refractivity contribution in [1.82, 2.24) is 0 Å². The molecular weight excluding hydrogens is 320 g/mol. The molecule has 2 N–H and O–H groups in total. The van der Waals surface area contributed by atoms with Crippen molar-refractivity contribution in [1.29, 1.82) is 0 Å². The SMILES string of the molecule is CC1CC2OC2CC1CC(O)(COCCO)CC1CC2OC2CC1C. The number of epoxide rings is 2. The molecule has 8 unspecified atom stereocenters. The normalized spacial score (nSPS) is 47.5. The Morgan fingerprint density at radius 3 is 1.84 bits per heavy atom. The highest BCUT2D eigenvalue weighted by Gasteiger charge is 2.51. The van der Waals surface area contributed by atoms with E-state index in [9.17, 15) is 5.11 Å². The average molecular weight is 354 g/mol. The Morgan fingerprint density at radius 1 is 0.880 bits per heavy atom. The lowest BCUT2D eigenvalue weighted by molar-refractivity contribution is -0.0898. The maximum absolute atomic E-state index is 11.5. The van der Waals surface area contributed by atoms with E-state index in [1.165, 1.54) is 0 Å². The van der Waals surface area contributed by atoms with Crippen LogP contribution in [-0.4, -0.2) is 60.1 Å². The van der Waals surface area contributed by atoms with Gasteiger partial charge in [-0.15, -0.1) is 0 Å². The van der Waals surface area contributed by atoms with Crippen LogP contribution in [0.3, 0.4) is 0 Å². The van der Waals surface area contributed by atoms with Crippen LogP contribution in [0.15, 0.2) is 0 Å². The molecule has 0 aromatic rings. The summed E-state index contributed by atoms with van der Waals surface area (Å²) >= 11 is 0. The van der Waals surface area contributed by atoms with Gasteiger partial charge in [0.1, 0.15) is 0 Å². The van der Waals surface area contributed by atoms with Crippen LogP contribution in [0.5, 0.6) is 0 Å². The molecule has 8 atom stereocenters. The second-order valence-corrected chi connectivity index (χ2v) is 9.25. The van der Waals surface area contributed by atoms with E-state index in [2.05, 4.69) is 13.8 Å². The monoisotopic (exact) mass is 354 g/mol. The molecule has 2 saturated carbocycles. The quantitative estimate of drug-likeness (QED) is 0.516. The van der Waals surface area contributed by atoms with Gasteiger partial charge in [0.2, 0.25) is 0 Å². The molecule has 0 aromatic heterocycles. The fourth-order valence-corrected chi connectivity index (χ4v) is 5.44. The number of fused-ring (bicyclic) bond motifs is 2. The van der Waals surface area contributed by atoms with E-state index in [1.807, 2.05) is 0 Å². The van der Waals surface area contributed by atoms with Gasteiger partial charge >= 0.3 is 0 Å². The van der Waals surface area contributed by atoms with Gasteiger partial charge in [-0.25, -0.2) is 0 Å². The highest BCUT2D eigenvalue weighted by atomic mass is 16.6. The van der Waals surface area contributed by atoms with Crippen LogP contribution in [0.1, 0.15) is 52.4 Å². The fourth-order valence-electron chi connectivity index (χ4n) is 5.44. The Bertz CT molecular complexity index is 435. The first-order chi connectivity index (χ1) is 12.0. The van der Waals surface area contributed by atoms with Crippen molar-refractivity contribution in [2.75, 3.05) is 19.8 Å². The van der Waals surface area contributed by atoms with E-state index in [0.29, 0.717) is 61.3 Å². The van der Waals surface area contributed by atoms with Gasteiger partial charge in [-0.05, 0) is 62.2 Å². The summed E-state index contributed by atoms with van der Waals surface area (Å²) in [4.78, 5) is 0. The Labute approximate surface area is 151 Å². The zero-order valence-corrected chi connectivity index (χ0v) is 15.6. The van der Waals surface area contributed by atoms with Crippen molar-refractivity contribution in [3.8, 4) is 0 Å². The molecule has 4 fully saturated rings. The second-order valence-electron chi connectivity index (χ2n) is 9.25. The van der Waals surface area contributed by atoms with Gasteiger partial charge in [0.25, 0.3) is 0 Å². The van der Waals surface area contributed by atoms with Gasteiger partial charge in [-0.1, -0.05) is 13.8 Å². The molecule has 5 nitrogen and oxygen atoms in total. The van der Waals surface area contributed by atoms with Gasteiger partial charge in [0.05, 0.1) is 49.8 Å². The molecule has 0 bridgehead atoms. The second kappa shape index (κ2) is 7.08. The standard InChI is InChI=1S/C20H34O5/c1-12-5-16-18(24-16)7-14(12)9-20(22,11-23-4-3-21)10-15-8-19-17(25-19)6-13(15)2/h12-19,21-22H,3-11H2,1-2H3. The van der Waals surface area contributed by atoms with E-state index in [0.717, 1.165) is 38.5 Å². The zero-order valence-electron chi connectivity index (χ0n) is 15.6. The molecule has 4 aliphatic rings. The topological polar surface area (TPSA) is 74.8 Å². The summed E-state index contributed by atoms with van der Waals surface area (Å²) in [7, 11) is 0. The molecule has 0 spiro atoms. The zero-order chi connectivity index (χ0) is 17.6. The number of aliphatic hydroxyl groups excluding tert-OH is 1. The largest absolute Gasteiger partial charge is 0.394 e. The van der Waals surface area contributed by atoms with Gasteiger partial charge in [0, 0.05) is 0 Å². The Balaban J connectivity index is 1.39. The molecular formula is C20H34O5. The Kier molecular flexibility index (Phi) is 5.15. The molecule has 4 rings (SSSR count). The molecule has 5 heteroatoms. The highest BCUT2D eigenvalue weighted by Crippen LogP contribution is 2.49. The lowest BCUT2D eigenvalue weighted by atomic mass is 9.69. The minimum atomic E-state index is -0.809. The molecule has 2 aliphatic heterocycles. The molecule has 2 aliphatic carbocycles. The minimum absolute atomic E-state index is 0.00489. The summed E-state index contributed by atoms with van der Waals surface area (Å²) in [6.07, 6.45) is 7.77. The van der Waals surface area contributed by atoms with Crippen LogP contribution < -0.4 is 0 Å². The van der Waals surface area contributed by atoms with Crippen molar-refractivity contribution >= 4 is 0 Å². The Hall–Kier alpha value is -0.200. The Morgan fingerprint density at radius 2 is 1.36 bits per heavy atom. The first kappa shape index (κ1) is 18.2. The van der Waals surface area contributed by atoms with E-state index >= 15 is 0 Å². The van der Waals surface area contributed by atoms with Crippen LogP contribution in [0.25, 0.3) is 0 Å². The maximum Gasteiger partial charge on any atom is 0.0885 e. The van der Waals surface area contributed by atoms with Gasteiger partial charge in [0.15, 0.2) is 0 Å². The first-order valence-electron chi connectivity index (χ1n) is 10.2. The number of aliphatic hydroxyl groups is 2. The predicted octanol–water partition coefficient (Wildman–Crippen LogP) is 2.13. The van der Waals surface area contributed by atoms with Crippen LogP contribution in [0.2, 0.25) is 0 Å². The smallest absolute Gasteiger partial charge is 0.0885 e. The first-order valence-corrected chi connectivity index (χ1v) is 10.2. The van der Waals surface area contributed by atoms with Crippen molar-refractivity contribution < 1.29 is 24.4 Å². The summed E-state index contributed by atoms with van der Waals surface area (Å²) in [5.41, 5.74) is -0.809. The number of rotatable bonds is 8. The molecule has 0 amide bonds. The van der Waals surface area contributed by atoms with Crippen molar-refractivity contribution in [3.63, 3.8) is 0 Å². The molecule has 144 valence electrons. The van der Waals surface area contributed by atoms with Crippen molar-refractivity contribution in [3.05, 3.63) is 0 Å². The third kappa shape index (κ3) is 4.22. The lowest BCUT2D eigenvalue weighted by Gasteiger charge is -2.39. The van der Waals surface area contributed by atoms with Crippen LogP contribution in [-0.2, 0) is 14.2 Å². The van der Waals surface area contributed by atoms with Crippen molar-refractivity contribution in [2.24, 2.45) is 23.7 Å². The molecule has 2 saturated heterocycles. The number of hydrogen-bond acceptors (Lipinski definition) is 5. The third-order valence-electron chi connectivity index (χ3n) is 7.15. The van der Waals surface area contributed by atoms with Crippen LogP contribution in [0, 0.1) is 23.7 Å². The van der Waals surface area contributed by atoms with E-state index in [-0.39, 0.29) is 6.61 Å². The summed E-state index contributed by atoms with van der Waals surface area (Å²) in [5.74, 6) is 2.17. The van der Waals surface area contributed by atoms with E-state index in [4.69, 9.17) is 19.3 Å². The van der Waals surface area contributed by atoms with E-state index in [1.54, 1.807) is 0 Å². The molecule has 0 radical (unpaired) electrons. The van der Waals surface area contributed by atoms with E-state index < -0.39 is 5.60 Å². The summed E-state index contributed by atoms with van der Waals surface area (Å²) in [6.45, 7) is 5.21. The summed E-state index contributed by atoms with van der Waals surface area (Å²) in [6, 6.07) is 0. The van der Waals surface area contributed by atoms with Crippen LogP contribution in [0.4, 0.5) is 0 Å². The molecule has 0 aromatic carbocycles. The fraction of sp³-hybridized carbons (Fsp3) is 1.00. The summed E-state index contributed by atoms with van der Waals surface area (Å²) < 4.78 is 17.0.